The fourth-order valence-electron chi connectivity index (χ4n) is 2.47. The number of carbonyl (C=O) groups excluding carboxylic acids is 2. The van der Waals surface area contributed by atoms with E-state index in [2.05, 4.69) is 6.72 Å². The molecule has 26 heavy (non-hydrogen) atoms. The van der Waals surface area contributed by atoms with Crippen molar-refractivity contribution in [3.8, 4) is 0 Å². The van der Waals surface area contributed by atoms with Crippen LogP contribution in [0.25, 0.3) is 0 Å². The minimum Gasteiger partial charge on any atom is -0.464 e. The molecule has 1 aromatic carbocycles. The summed E-state index contributed by atoms with van der Waals surface area (Å²) in [6.07, 6.45) is -0.480. The molecule has 0 aliphatic carbocycles. The van der Waals surface area contributed by atoms with Gasteiger partial charge in [-0.05, 0) is 24.6 Å². The Morgan fingerprint density at radius 1 is 1.19 bits per heavy atom. The molecule has 8 heteroatoms. The zero-order valence-corrected chi connectivity index (χ0v) is 15.3. The number of hydrogen-bond donors (Lipinski definition) is 2. The van der Waals surface area contributed by atoms with Crippen LogP contribution < -0.4 is 4.90 Å². The number of aliphatic hydroxyl groups is 2. The Bertz CT molecular complexity index is 596. The third-order valence-corrected chi connectivity index (χ3v) is 3.82. The minimum atomic E-state index is -0.907. The summed E-state index contributed by atoms with van der Waals surface area (Å²) in [6.45, 7) is 6.21. The van der Waals surface area contributed by atoms with Crippen molar-refractivity contribution in [1.29, 1.82) is 0 Å². The molecule has 0 heterocycles. The van der Waals surface area contributed by atoms with Crippen molar-refractivity contribution in [2.24, 2.45) is 0 Å². The van der Waals surface area contributed by atoms with Gasteiger partial charge in [0, 0.05) is 25.2 Å². The van der Waals surface area contributed by atoms with Crippen LogP contribution in [0.1, 0.15) is 12.5 Å². The zero-order valence-electron chi connectivity index (χ0n) is 15.3. The highest BCUT2D eigenvalue weighted by Crippen LogP contribution is 2.17. The van der Waals surface area contributed by atoms with Crippen molar-refractivity contribution in [3.05, 3.63) is 29.8 Å². The van der Waals surface area contributed by atoms with Gasteiger partial charge in [0.05, 0.1) is 26.9 Å². The molecule has 0 spiro atoms. The number of methoxy groups -OCH3 is 1. The molecule has 0 aliphatic heterocycles. The molecule has 0 radical (unpaired) electrons. The highest BCUT2D eigenvalue weighted by molar-refractivity contribution is 5.77. The smallest absolute Gasteiger partial charge is 0.464 e. The quantitative estimate of drug-likeness (QED) is 0.351. The molecule has 8 nitrogen and oxygen atoms in total. The van der Waals surface area contributed by atoms with Crippen LogP contribution in [0.4, 0.5) is 10.5 Å². The Morgan fingerprint density at radius 2 is 1.77 bits per heavy atom. The molecule has 0 saturated carbocycles. The van der Waals surface area contributed by atoms with Gasteiger partial charge in [-0.3, -0.25) is 0 Å². The monoisotopic (exact) mass is 367 g/mol. The van der Waals surface area contributed by atoms with Gasteiger partial charge in [0.2, 0.25) is 0 Å². The summed E-state index contributed by atoms with van der Waals surface area (Å²) in [4.78, 5) is 25.7. The van der Waals surface area contributed by atoms with Crippen LogP contribution in [0, 0.1) is 0 Å². The van der Waals surface area contributed by atoms with Crippen molar-refractivity contribution >= 4 is 24.5 Å². The van der Waals surface area contributed by atoms with Gasteiger partial charge in [-0.2, -0.15) is 4.79 Å². The Kier molecular flexibility index (Phi) is 9.32. The van der Waals surface area contributed by atoms with Crippen LogP contribution in [0.2, 0.25) is 0 Å². The SMILES string of the molecule is C=[N+](C(=O)OCC)C(Cc1ccc(N(CCO)CCO)cc1)C(=O)OC. The van der Waals surface area contributed by atoms with Gasteiger partial charge in [0.25, 0.3) is 6.04 Å². The summed E-state index contributed by atoms with van der Waals surface area (Å²) < 4.78 is 10.6. The van der Waals surface area contributed by atoms with Crippen molar-refractivity contribution < 1.29 is 33.9 Å². The Balaban J connectivity index is 2.93. The van der Waals surface area contributed by atoms with E-state index in [0.717, 1.165) is 15.8 Å². The summed E-state index contributed by atoms with van der Waals surface area (Å²) >= 11 is 0. The number of rotatable bonds is 10. The van der Waals surface area contributed by atoms with Crippen LogP contribution in [0.15, 0.2) is 24.3 Å². The van der Waals surface area contributed by atoms with Gasteiger partial charge in [0.1, 0.15) is 6.72 Å². The molecular formula is C18H27N2O6+. The van der Waals surface area contributed by atoms with E-state index in [4.69, 9.17) is 19.7 Å². The molecule has 1 amide bonds. The largest absolute Gasteiger partial charge is 0.596 e. The van der Waals surface area contributed by atoms with Crippen molar-refractivity contribution in [1.82, 2.24) is 0 Å². The molecular weight excluding hydrogens is 340 g/mol. The maximum absolute atomic E-state index is 12.0. The fraction of sp³-hybridized carbons (Fsp3) is 0.500. The molecule has 0 fully saturated rings. The third-order valence-electron chi connectivity index (χ3n) is 3.82. The molecule has 0 aliphatic rings. The molecule has 1 unspecified atom stereocenters. The highest BCUT2D eigenvalue weighted by Gasteiger charge is 2.35. The van der Waals surface area contributed by atoms with E-state index in [1.165, 1.54) is 7.11 Å². The summed E-state index contributed by atoms with van der Waals surface area (Å²) in [6, 6.07) is 6.37. The maximum atomic E-state index is 12.0. The average molecular weight is 367 g/mol. The molecule has 1 rings (SSSR count). The van der Waals surface area contributed by atoms with Crippen LogP contribution in [-0.4, -0.2) is 79.6 Å². The first-order valence-electron chi connectivity index (χ1n) is 8.38. The Morgan fingerprint density at radius 3 is 2.23 bits per heavy atom. The van der Waals surface area contributed by atoms with Crippen molar-refractivity contribution in [3.63, 3.8) is 0 Å². The van der Waals surface area contributed by atoms with Crippen LogP contribution in [0.3, 0.4) is 0 Å². The van der Waals surface area contributed by atoms with Gasteiger partial charge < -0.3 is 24.6 Å². The van der Waals surface area contributed by atoms with Crippen molar-refractivity contribution in [2.75, 3.05) is 44.9 Å². The molecule has 0 saturated heterocycles. The number of aliphatic hydroxyl groups excluding tert-OH is 2. The number of esters is 1. The number of hydrogen-bond acceptors (Lipinski definition) is 7. The predicted octanol–water partition coefficient (Wildman–Crippen LogP) is 0.431. The number of amides is 1. The van der Waals surface area contributed by atoms with Gasteiger partial charge >= 0.3 is 12.1 Å². The number of ether oxygens (including phenoxy) is 2. The van der Waals surface area contributed by atoms with E-state index in [1.807, 2.05) is 29.2 Å². The summed E-state index contributed by atoms with van der Waals surface area (Å²) in [5, 5.41) is 18.2. The molecule has 1 aromatic rings. The first-order chi connectivity index (χ1) is 12.5. The van der Waals surface area contributed by atoms with E-state index in [9.17, 15) is 9.59 Å². The molecule has 144 valence electrons. The van der Waals surface area contributed by atoms with E-state index in [1.54, 1.807) is 6.92 Å². The molecule has 0 bridgehead atoms. The second-order valence-corrected chi connectivity index (χ2v) is 5.51. The predicted molar refractivity (Wildman–Crippen MR) is 96.7 cm³/mol. The van der Waals surface area contributed by atoms with Gasteiger partial charge in [-0.25, -0.2) is 4.79 Å². The van der Waals surface area contributed by atoms with Gasteiger partial charge in [-0.15, -0.1) is 4.58 Å². The lowest BCUT2D eigenvalue weighted by atomic mass is 10.0. The lowest BCUT2D eigenvalue weighted by Crippen LogP contribution is -2.40. The van der Waals surface area contributed by atoms with E-state index >= 15 is 0 Å². The van der Waals surface area contributed by atoms with Crippen molar-refractivity contribution in [2.45, 2.75) is 19.4 Å². The lowest BCUT2D eigenvalue weighted by Gasteiger charge is -2.23. The normalized spacial score (nSPS) is 11.5. The average Bonchev–Trinajstić information content (AvgIpc) is 2.65. The standard InChI is InChI=1S/C18H27N2O6/c1-4-26-18(24)19(2)16(17(23)25-3)13-14-5-7-15(8-6-14)20(9-11-21)10-12-22/h5-8,16,21-22H,2,4,9-13H2,1,3H3/q+1. The fourth-order valence-corrected chi connectivity index (χ4v) is 2.47. The Labute approximate surface area is 153 Å². The zero-order chi connectivity index (χ0) is 19.5. The molecule has 0 aromatic heterocycles. The number of carbonyl (C=O) groups is 2. The lowest BCUT2D eigenvalue weighted by molar-refractivity contribution is -0.468. The second-order valence-electron chi connectivity index (χ2n) is 5.51. The third kappa shape index (κ3) is 6.12. The van der Waals surface area contributed by atoms with E-state index < -0.39 is 18.1 Å². The first kappa shape index (κ1) is 21.6. The molecule has 1 atom stereocenters. The van der Waals surface area contributed by atoms with Crippen LogP contribution in [0.5, 0.6) is 0 Å². The van der Waals surface area contributed by atoms with Gasteiger partial charge in [-0.1, -0.05) is 12.1 Å². The minimum absolute atomic E-state index is 0.0256. The van der Waals surface area contributed by atoms with E-state index in [-0.39, 0.29) is 26.2 Å². The topological polar surface area (TPSA) is 99.3 Å². The van der Waals surface area contributed by atoms with Crippen LogP contribution >= 0.6 is 0 Å². The Hall–Kier alpha value is -2.45. The molecule has 2 N–H and O–H groups in total. The van der Waals surface area contributed by atoms with Gasteiger partial charge in [0.15, 0.2) is 0 Å². The number of benzene rings is 1. The number of nitrogens with zero attached hydrogens (tertiary/aromatic N) is 2. The summed E-state index contributed by atoms with van der Waals surface area (Å²) in [5.41, 5.74) is 1.64. The first-order valence-corrected chi connectivity index (χ1v) is 8.38. The highest BCUT2D eigenvalue weighted by atomic mass is 16.6. The van der Waals surface area contributed by atoms with E-state index in [0.29, 0.717) is 13.1 Å². The summed E-state index contributed by atoms with van der Waals surface area (Å²) in [7, 11) is 1.25. The summed E-state index contributed by atoms with van der Waals surface area (Å²) in [5.74, 6) is -0.584. The van der Waals surface area contributed by atoms with Crippen LogP contribution in [-0.2, 0) is 20.7 Å². The number of anilines is 1. The maximum Gasteiger partial charge on any atom is 0.596 e. The second kappa shape index (κ2) is 11.2.